The van der Waals surface area contributed by atoms with E-state index in [1.807, 2.05) is 0 Å². The van der Waals surface area contributed by atoms with E-state index >= 15 is 0 Å². The number of amides is 2. The second-order valence-electron chi connectivity index (χ2n) is 4.43. The van der Waals surface area contributed by atoms with E-state index in [4.69, 9.17) is 16.3 Å². The van der Waals surface area contributed by atoms with Crippen molar-refractivity contribution in [3.63, 3.8) is 0 Å². The minimum Gasteiger partial charge on any atom is -0.497 e. The lowest BCUT2D eigenvalue weighted by Crippen LogP contribution is -2.32. The summed E-state index contributed by atoms with van der Waals surface area (Å²) in [6, 6.07) is 13.5. The van der Waals surface area contributed by atoms with Crippen LogP contribution in [0, 0.1) is 0 Å². The number of rotatable bonds is 4. The van der Waals surface area contributed by atoms with E-state index in [2.05, 4.69) is 15.8 Å². The Labute approximate surface area is 138 Å². The number of carbonyl (C=O) groups excluding carboxylic acids is 2. The van der Waals surface area contributed by atoms with Crippen LogP contribution in [0.15, 0.2) is 53.6 Å². The van der Waals surface area contributed by atoms with Crippen molar-refractivity contribution in [1.82, 2.24) is 5.43 Å². The van der Waals surface area contributed by atoms with Gasteiger partial charge in [-0.3, -0.25) is 9.59 Å². The number of methoxy groups -OCH3 is 1. The molecule has 0 atom stereocenters. The lowest BCUT2D eigenvalue weighted by molar-refractivity contribution is -0.136. The van der Waals surface area contributed by atoms with Gasteiger partial charge in [0, 0.05) is 10.7 Å². The quantitative estimate of drug-likeness (QED) is 0.513. The molecule has 0 spiro atoms. The number of hydrogen-bond donors (Lipinski definition) is 2. The number of anilines is 1. The second kappa shape index (κ2) is 7.95. The van der Waals surface area contributed by atoms with Crippen LogP contribution in [0.1, 0.15) is 5.56 Å². The predicted molar refractivity (Wildman–Crippen MR) is 88.8 cm³/mol. The van der Waals surface area contributed by atoms with E-state index in [9.17, 15) is 9.59 Å². The summed E-state index contributed by atoms with van der Waals surface area (Å²) in [5, 5.41) is 6.77. The number of nitrogens with one attached hydrogen (secondary N) is 2. The molecule has 118 valence electrons. The smallest absolute Gasteiger partial charge is 0.329 e. The van der Waals surface area contributed by atoms with Crippen molar-refractivity contribution in [2.45, 2.75) is 0 Å². The first-order chi connectivity index (χ1) is 11.1. The number of carbonyl (C=O) groups is 2. The van der Waals surface area contributed by atoms with Crippen LogP contribution in [0.4, 0.5) is 5.69 Å². The van der Waals surface area contributed by atoms with Gasteiger partial charge >= 0.3 is 11.8 Å². The Kier molecular flexibility index (Phi) is 5.71. The average Bonchev–Trinajstić information content (AvgIpc) is 2.57. The first kappa shape index (κ1) is 16.5. The van der Waals surface area contributed by atoms with Crippen molar-refractivity contribution in [2.75, 3.05) is 12.4 Å². The molecule has 2 aromatic carbocycles. The Morgan fingerprint density at radius 2 is 1.70 bits per heavy atom. The van der Waals surface area contributed by atoms with Gasteiger partial charge in [-0.15, -0.1) is 0 Å². The number of benzene rings is 2. The molecule has 23 heavy (non-hydrogen) atoms. The molecule has 2 N–H and O–H groups in total. The van der Waals surface area contributed by atoms with Crippen molar-refractivity contribution in [3.05, 3.63) is 59.1 Å². The summed E-state index contributed by atoms with van der Waals surface area (Å²) in [5.41, 5.74) is 3.37. The molecule has 2 rings (SSSR count). The first-order valence-corrected chi connectivity index (χ1v) is 7.00. The Balaban J connectivity index is 1.86. The van der Waals surface area contributed by atoms with Crippen molar-refractivity contribution < 1.29 is 14.3 Å². The van der Waals surface area contributed by atoms with Gasteiger partial charge < -0.3 is 10.1 Å². The van der Waals surface area contributed by atoms with Gasteiger partial charge in [0.15, 0.2) is 0 Å². The molecule has 0 unspecified atom stereocenters. The van der Waals surface area contributed by atoms with Crippen molar-refractivity contribution >= 4 is 35.3 Å². The normalized spacial score (nSPS) is 10.3. The van der Waals surface area contributed by atoms with Crippen LogP contribution >= 0.6 is 11.6 Å². The monoisotopic (exact) mass is 331 g/mol. The van der Waals surface area contributed by atoms with Crippen LogP contribution in [-0.2, 0) is 9.59 Å². The molecule has 0 saturated heterocycles. The molecule has 0 saturated carbocycles. The molecule has 0 heterocycles. The number of hydrazone groups is 1. The maximum Gasteiger partial charge on any atom is 0.329 e. The van der Waals surface area contributed by atoms with Crippen LogP contribution in [0.5, 0.6) is 5.75 Å². The Morgan fingerprint density at radius 1 is 1.04 bits per heavy atom. The van der Waals surface area contributed by atoms with Crippen LogP contribution in [0.3, 0.4) is 0 Å². The third-order valence-electron chi connectivity index (χ3n) is 2.80. The zero-order valence-corrected chi connectivity index (χ0v) is 13.0. The van der Waals surface area contributed by atoms with Gasteiger partial charge in [-0.1, -0.05) is 23.7 Å². The number of hydrogen-bond acceptors (Lipinski definition) is 4. The minimum atomic E-state index is -0.869. The summed E-state index contributed by atoms with van der Waals surface area (Å²) in [4.78, 5) is 23.3. The lowest BCUT2D eigenvalue weighted by Gasteiger charge is -2.05. The number of nitrogens with zero attached hydrogens (tertiary/aromatic N) is 1. The zero-order valence-electron chi connectivity index (χ0n) is 12.2. The molecule has 7 heteroatoms. The second-order valence-corrected chi connectivity index (χ2v) is 4.87. The highest BCUT2D eigenvalue weighted by Gasteiger charge is 2.12. The van der Waals surface area contributed by atoms with Gasteiger partial charge in [-0.05, 0) is 42.0 Å². The fourth-order valence-corrected chi connectivity index (χ4v) is 1.75. The van der Waals surface area contributed by atoms with E-state index in [-0.39, 0.29) is 0 Å². The molecule has 0 aliphatic rings. The summed E-state index contributed by atoms with van der Waals surface area (Å²) in [6.07, 6.45) is 1.41. The summed E-state index contributed by atoms with van der Waals surface area (Å²) in [5.74, 6) is -1.03. The van der Waals surface area contributed by atoms with Gasteiger partial charge in [-0.25, -0.2) is 5.43 Å². The van der Waals surface area contributed by atoms with E-state index in [0.29, 0.717) is 16.5 Å². The molecular weight excluding hydrogens is 318 g/mol. The van der Waals surface area contributed by atoms with Crippen molar-refractivity contribution in [3.8, 4) is 5.75 Å². The SMILES string of the molecule is COc1ccc(NC(=O)C(=O)N/N=C/c2ccc(Cl)cc2)cc1. The summed E-state index contributed by atoms with van der Waals surface area (Å²) in [7, 11) is 1.54. The topological polar surface area (TPSA) is 79.8 Å². The molecule has 2 aromatic rings. The standard InChI is InChI=1S/C16H14ClN3O3/c1-23-14-8-6-13(7-9-14)19-15(21)16(22)20-18-10-11-2-4-12(17)5-3-11/h2-10H,1H3,(H,19,21)(H,20,22)/b18-10+. The lowest BCUT2D eigenvalue weighted by atomic mass is 10.2. The largest absolute Gasteiger partial charge is 0.497 e. The van der Waals surface area contributed by atoms with Crippen LogP contribution in [0.2, 0.25) is 5.02 Å². The third-order valence-corrected chi connectivity index (χ3v) is 3.06. The molecule has 0 radical (unpaired) electrons. The maximum absolute atomic E-state index is 11.7. The van der Waals surface area contributed by atoms with E-state index < -0.39 is 11.8 Å². The highest BCUT2D eigenvalue weighted by molar-refractivity contribution is 6.39. The fourth-order valence-electron chi connectivity index (χ4n) is 1.63. The summed E-state index contributed by atoms with van der Waals surface area (Å²) in [6.45, 7) is 0. The molecular formula is C16H14ClN3O3. The minimum absolute atomic E-state index is 0.479. The highest BCUT2D eigenvalue weighted by Crippen LogP contribution is 2.14. The number of halogens is 1. The van der Waals surface area contributed by atoms with E-state index in [1.165, 1.54) is 6.21 Å². The van der Waals surface area contributed by atoms with Crippen LogP contribution in [-0.4, -0.2) is 25.1 Å². The van der Waals surface area contributed by atoms with Gasteiger partial charge in [-0.2, -0.15) is 5.10 Å². The van der Waals surface area contributed by atoms with Gasteiger partial charge in [0.05, 0.1) is 13.3 Å². The fraction of sp³-hybridized carbons (Fsp3) is 0.0625. The Morgan fingerprint density at radius 3 is 2.30 bits per heavy atom. The molecule has 0 aliphatic heterocycles. The molecule has 0 fully saturated rings. The zero-order chi connectivity index (χ0) is 16.7. The Bertz CT molecular complexity index is 712. The van der Waals surface area contributed by atoms with Gasteiger partial charge in [0.2, 0.25) is 0 Å². The molecule has 0 bridgehead atoms. The first-order valence-electron chi connectivity index (χ1n) is 6.62. The summed E-state index contributed by atoms with van der Waals surface area (Å²) >= 11 is 5.76. The van der Waals surface area contributed by atoms with Crippen molar-refractivity contribution in [2.24, 2.45) is 5.10 Å². The van der Waals surface area contributed by atoms with E-state index in [0.717, 1.165) is 5.56 Å². The third kappa shape index (κ3) is 5.12. The Hall–Kier alpha value is -2.86. The van der Waals surface area contributed by atoms with Gasteiger partial charge in [0.1, 0.15) is 5.75 Å². The van der Waals surface area contributed by atoms with Crippen molar-refractivity contribution in [1.29, 1.82) is 0 Å². The molecule has 0 aliphatic carbocycles. The maximum atomic E-state index is 11.7. The average molecular weight is 332 g/mol. The van der Waals surface area contributed by atoms with Gasteiger partial charge in [0.25, 0.3) is 0 Å². The van der Waals surface area contributed by atoms with Crippen LogP contribution < -0.4 is 15.5 Å². The molecule has 2 amide bonds. The summed E-state index contributed by atoms with van der Waals surface area (Å²) < 4.78 is 5.00. The molecule has 6 nitrogen and oxygen atoms in total. The van der Waals surface area contributed by atoms with E-state index in [1.54, 1.807) is 55.6 Å². The van der Waals surface area contributed by atoms with Crippen LogP contribution in [0.25, 0.3) is 0 Å². The molecule has 0 aromatic heterocycles. The predicted octanol–water partition coefficient (Wildman–Crippen LogP) is 2.44. The number of ether oxygens (including phenoxy) is 1. The highest BCUT2D eigenvalue weighted by atomic mass is 35.5.